The van der Waals surface area contributed by atoms with Crippen molar-refractivity contribution in [2.24, 2.45) is 0 Å². The lowest BCUT2D eigenvalue weighted by Gasteiger charge is -2.39. The van der Waals surface area contributed by atoms with E-state index in [-0.39, 0.29) is 11.9 Å². The average molecular weight is 446 g/mol. The third-order valence-electron chi connectivity index (χ3n) is 5.36. The van der Waals surface area contributed by atoms with Crippen LogP contribution >= 0.6 is 15.9 Å². The molecule has 0 spiro atoms. The van der Waals surface area contributed by atoms with Crippen molar-refractivity contribution in [1.82, 2.24) is 15.1 Å². The highest BCUT2D eigenvalue weighted by Gasteiger charge is 2.25. The Bertz CT molecular complexity index is 756. The Labute approximate surface area is 175 Å². The van der Waals surface area contributed by atoms with Gasteiger partial charge in [-0.15, -0.1) is 0 Å². The van der Waals surface area contributed by atoms with Crippen LogP contribution in [0.25, 0.3) is 0 Å². The minimum atomic E-state index is -0.0433. The SMILES string of the molecule is CCN1CCN(C(CNC(=O)c2ccc(Br)cc2)c2ccc(OC)cc2)CC1. The van der Waals surface area contributed by atoms with Gasteiger partial charge in [-0.05, 0) is 48.5 Å². The molecule has 3 rings (SSSR count). The number of methoxy groups -OCH3 is 1. The zero-order valence-electron chi connectivity index (χ0n) is 16.5. The second-order valence-electron chi connectivity index (χ2n) is 6.98. The van der Waals surface area contributed by atoms with Crippen LogP contribution in [0.2, 0.25) is 0 Å². The highest BCUT2D eigenvalue weighted by atomic mass is 79.9. The summed E-state index contributed by atoms with van der Waals surface area (Å²) in [5.41, 5.74) is 1.87. The van der Waals surface area contributed by atoms with Crippen molar-refractivity contribution in [3.8, 4) is 5.75 Å². The molecular weight excluding hydrogens is 418 g/mol. The number of ether oxygens (including phenoxy) is 1. The van der Waals surface area contributed by atoms with Crippen molar-refractivity contribution in [1.29, 1.82) is 0 Å². The lowest BCUT2D eigenvalue weighted by molar-refractivity contribution is 0.0855. The van der Waals surface area contributed by atoms with Crippen LogP contribution in [-0.4, -0.2) is 62.1 Å². The fraction of sp³-hybridized carbons (Fsp3) is 0.409. The molecule has 1 heterocycles. The minimum absolute atomic E-state index is 0.0433. The molecule has 0 bridgehead atoms. The predicted molar refractivity (Wildman–Crippen MR) is 116 cm³/mol. The molecule has 1 N–H and O–H groups in total. The number of benzene rings is 2. The summed E-state index contributed by atoms with van der Waals surface area (Å²) in [5.74, 6) is 0.801. The lowest BCUT2D eigenvalue weighted by Crippen LogP contribution is -2.49. The molecule has 1 aliphatic rings. The molecule has 0 aliphatic carbocycles. The monoisotopic (exact) mass is 445 g/mol. The van der Waals surface area contributed by atoms with Crippen molar-refractivity contribution < 1.29 is 9.53 Å². The molecular formula is C22H28BrN3O2. The van der Waals surface area contributed by atoms with Crippen molar-refractivity contribution in [2.75, 3.05) is 46.4 Å². The fourth-order valence-corrected chi connectivity index (χ4v) is 3.83. The van der Waals surface area contributed by atoms with Crippen LogP contribution in [0.15, 0.2) is 53.0 Å². The molecule has 0 radical (unpaired) electrons. The number of hydrogen-bond donors (Lipinski definition) is 1. The number of halogens is 1. The molecule has 2 aromatic carbocycles. The number of rotatable bonds is 7. The maximum absolute atomic E-state index is 12.6. The molecule has 150 valence electrons. The Hall–Kier alpha value is -1.89. The average Bonchev–Trinajstić information content (AvgIpc) is 2.75. The van der Waals surface area contributed by atoms with E-state index < -0.39 is 0 Å². The fourth-order valence-electron chi connectivity index (χ4n) is 3.57. The zero-order chi connectivity index (χ0) is 19.9. The van der Waals surface area contributed by atoms with Crippen molar-refractivity contribution >= 4 is 21.8 Å². The standard InChI is InChI=1S/C22H28BrN3O2/c1-3-25-12-14-26(15-13-25)21(17-6-10-20(28-2)11-7-17)16-24-22(27)18-4-8-19(23)9-5-18/h4-11,21H,3,12-16H2,1-2H3,(H,24,27). The molecule has 1 saturated heterocycles. The maximum Gasteiger partial charge on any atom is 0.251 e. The summed E-state index contributed by atoms with van der Waals surface area (Å²) < 4.78 is 6.26. The largest absolute Gasteiger partial charge is 0.497 e. The summed E-state index contributed by atoms with van der Waals surface area (Å²) in [6, 6.07) is 15.8. The number of amides is 1. The Morgan fingerprint density at radius 3 is 2.29 bits per heavy atom. The minimum Gasteiger partial charge on any atom is -0.497 e. The van der Waals surface area contributed by atoms with E-state index >= 15 is 0 Å². The van der Waals surface area contributed by atoms with Crippen LogP contribution in [-0.2, 0) is 0 Å². The van der Waals surface area contributed by atoms with E-state index in [0.717, 1.165) is 42.9 Å². The first-order valence-electron chi connectivity index (χ1n) is 9.75. The zero-order valence-corrected chi connectivity index (χ0v) is 18.1. The van der Waals surface area contributed by atoms with E-state index in [0.29, 0.717) is 12.1 Å². The van der Waals surface area contributed by atoms with Gasteiger partial charge in [-0.2, -0.15) is 0 Å². The van der Waals surface area contributed by atoms with Crippen molar-refractivity contribution in [3.05, 3.63) is 64.1 Å². The smallest absolute Gasteiger partial charge is 0.251 e. The Kier molecular flexibility index (Phi) is 7.48. The van der Waals surface area contributed by atoms with Crippen LogP contribution in [0.4, 0.5) is 0 Å². The summed E-state index contributed by atoms with van der Waals surface area (Å²) in [5, 5.41) is 3.13. The summed E-state index contributed by atoms with van der Waals surface area (Å²) in [7, 11) is 1.68. The molecule has 28 heavy (non-hydrogen) atoms. The molecule has 1 unspecified atom stereocenters. The van der Waals surface area contributed by atoms with Crippen molar-refractivity contribution in [3.63, 3.8) is 0 Å². The normalized spacial score (nSPS) is 16.5. The molecule has 1 fully saturated rings. The first-order valence-corrected chi connectivity index (χ1v) is 10.5. The van der Waals surface area contributed by atoms with E-state index in [1.165, 1.54) is 5.56 Å². The molecule has 1 atom stereocenters. The van der Waals surface area contributed by atoms with Gasteiger partial charge >= 0.3 is 0 Å². The van der Waals surface area contributed by atoms with E-state index in [4.69, 9.17) is 4.74 Å². The number of nitrogens with one attached hydrogen (secondary N) is 1. The maximum atomic E-state index is 12.6. The lowest BCUT2D eigenvalue weighted by atomic mass is 10.0. The first-order chi connectivity index (χ1) is 13.6. The van der Waals surface area contributed by atoms with Crippen molar-refractivity contribution in [2.45, 2.75) is 13.0 Å². The van der Waals surface area contributed by atoms with Gasteiger partial charge in [0.05, 0.1) is 13.2 Å². The molecule has 5 nitrogen and oxygen atoms in total. The molecule has 2 aromatic rings. The van der Waals surface area contributed by atoms with Gasteiger partial charge in [-0.3, -0.25) is 9.69 Å². The number of piperazine rings is 1. The van der Waals surface area contributed by atoms with E-state index in [1.54, 1.807) is 7.11 Å². The van der Waals surface area contributed by atoms with Crippen LogP contribution in [0, 0.1) is 0 Å². The number of carbonyl (C=O) groups is 1. The number of hydrogen-bond acceptors (Lipinski definition) is 4. The predicted octanol–water partition coefficient (Wildman–Crippen LogP) is 3.57. The summed E-state index contributed by atoms with van der Waals surface area (Å²) in [4.78, 5) is 17.5. The van der Waals surface area contributed by atoms with Gasteiger partial charge in [-0.25, -0.2) is 0 Å². The third kappa shape index (κ3) is 5.34. The Balaban J connectivity index is 1.71. The molecule has 1 amide bonds. The molecule has 0 aromatic heterocycles. The van der Waals surface area contributed by atoms with Crippen LogP contribution < -0.4 is 10.1 Å². The molecule has 0 saturated carbocycles. The summed E-state index contributed by atoms with van der Waals surface area (Å²) in [6.07, 6.45) is 0. The molecule has 6 heteroatoms. The van der Waals surface area contributed by atoms with Gasteiger partial charge in [-0.1, -0.05) is 35.0 Å². The number of carbonyl (C=O) groups excluding carboxylic acids is 1. The number of nitrogens with zero attached hydrogens (tertiary/aromatic N) is 2. The number of likely N-dealkylation sites (N-methyl/N-ethyl adjacent to an activating group) is 1. The van der Waals surface area contributed by atoms with Gasteiger partial charge in [0.15, 0.2) is 0 Å². The van der Waals surface area contributed by atoms with Gasteiger partial charge in [0.25, 0.3) is 5.91 Å². The van der Waals surface area contributed by atoms with Crippen LogP contribution in [0.5, 0.6) is 5.75 Å². The highest BCUT2D eigenvalue weighted by molar-refractivity contribution is 9.10. The Morgan fingerprint density at radius 2 is 1.71 bits per heavy atom. The Morgan fingerprint density at radius 1 is 1.07 bits per heavy atom. The third-order valence-corrected chi connectivity index (χ3v) is 5.89. The van der Waals surface area contributed by atoms with Gasteiger partial charge in [0, 0.05) is 42.8 Å². The topological polar surface area (TPSA) is 44.8 Å². The second kappa shape index (κ2) is 10.0. The van der Waals surface area contributed by atoms with Crippen LogP contribution in [0.3, 0.4) is 0 Å². The highest BCUT2D eigenvalue weighted by Crippen LogP contribution is 2.24. The van der Waals surface area contributed by atoms with Gasteiger partial charge in [0.2, 0.25) is 0 Å². The van der Waals surface area contributed by atoms with Crippen LogP contribution in [0.1, 0.15) is 28.9 Å². The second-order valence-corrected chi connectivity index (χ2v) is 7.89. The quantitative estimate of drug-likeness (QED) is 0.707. The molecule has 1 aliphatic heterocycles. The van der Waals surface area contributed by atoms with E-state index in [2.05, 4.69) is 50.1 Å². The van der Waals surface area contributed by atoms with E-state index in [1.807, 2.05) is 36.4 Å². The van der Waals surface area contributed by atoms with Gasteiger partial charge in [0.1, 0.15) is 5.75 Å². The summed E-state index contributed by atoms with van der Waals surface area (Å²) in [6.45, 7) is 7.98. The summed E-state index contributed by atoms with van der Waals surface area (Å²) >= 11 is 3.41. The van der Waals surface area contributed by atoms with Gasteiger partial charge < -0.3 is 15.0 Å². The van der Waals surface area contributed by atoms with E-state index in [9.17, 15) is 4.79 Å². The first kappa shape index (κ1) is 20.8.